The van der Waals surface area contributed by atoms with E-state index in [0.29, 0.717) is 35.3 Å². The van der Waals surface area contributed by atoms with Crippen molar-refractivity contribution >= 4 is 52.2 Å². The van der Waals surface area contributed by atoms with Crippen LogP contribution in [0.15, 0.2) is 76.4 Å². The van der Waals surface area contributed by atoms with Crippen molar-refractivity contribution in [3.63, 3.8) is 0 Å². The van der Waals surface area contributed by atoms with Gasteiger partial charge in [-0.15, -0.1) is 22.7 Å². The van der Waals surface area contributed by atoms with Crippen LogP contribution in [0.4, 0.5) is 0 Å². The van der Waals surface area contributed by atoms with Crippen LogP contribution in [0.5, 0.6) is 0 Å². The average molecular weight is 740 g/mol. The summed E-state index contributed by atoms with van der Waals surface area (Å²) in [7, 11) is 0. The van der Waals surface area contributed by atoms with Gasteiger partial charge in [0.1, 0.15) is 39.6 Å². The number of thiazole rings is 2. The summed E-state index contributed by atoms with van der Waals surface area (Å²) >= 11 is 2.57. The molecule has 6 bridgehead atoms. The number of nitrogens with one attached hydrogen (secondary N) is 3. The lowest BCUT2D eigenvalue weighted by Crippen LogP contribution is -2.52. The van der Waals surface area contributed by atoms with Gasteiger partial charge in [-0.05, 0) is 43.2 Å². The van der Waals surface area contributed by atoms with Crippen LogP contribution in [0, 0.1) is 5.92 Å². The number of hydrogen-bond acceptors (Lipinski definition) is 10. The predicted molar refractivity (Wildman–Crippen MR) is 198 cm³/mol. The van der Waals surface area contributed by atoms with Crippen molar-refractivity contribution in [2.75, 3.05) is 6.54 Å². The summed E-state index contributed by atoms with van der Waals surface area (Å²) in [5.74, 6) is -1.17. The van der Waals surface area contributed by atoms with Crippen molar-refractivity contribution in [3.05, 3.63) is 104 Å². The number of nitrogens with zero attached hydrogens (tertiary/aromatic N) is 4. The molecular formula is C38H41N7O5S2. The molecule has 1 saturated heterocycles. The molecule has 7 rings (SSSR count). The lowest BCUT2D eigenvalue weighted by molar-refractivity contribution is -0.133. The van der Waals surface area contributed by atoms with Gasteiger partial charge in [0.05, 0.1) is 12.1 Å². The van der Waals surface area contributed by atoms with Gasteiger partial charge in [-0.3, -0.25) is 19.2 Å². The van der Waals surface area contributed by atoms with Gasteiger partial charge >= 0.3 is 0 Å². The number of carbonyl (C=O) groups is 4. The molecule has 2 aromatic carbocycles. The van der Waals surface area contributed by atoms with Crippen LogP contribution in [0.2, 0.25) is 0 Å². The molecule has 0 aliphatic carbocycles. The second kappa shape index (κ2) is 15.3. The number of ether oxygens (including phenoxy) is 1. The first kappa shape index (κ1) is 35.5. The zero-order chi connectivity index (χ0) is 36.4. The largest absolute Gasteiger partial charge is 0.474 e. The van der Waals surface area contributed by atoms with Crippen LogP contribution in [-0.2, 0) is 27.2 Å². The van der Waals surface area contributed by atoms with Gasteiger partial charge in [0.15, 0.2) is 6.04 Å². The number of carbonyl (C=O) groups excluding carboxylic acids is 4. The maximum absolute atomic E-state index is 14.4. The summed E-state index contributed by atoms with van der Waals surface area (Å²) < 4.78 is 6.19. The van der Waals surface area contributed by atoms with E-state index in [1.165, 1.54) is 22.7 Å². The van der Waals surface area contributed by atoms with E-state index in [1.807, 2.05) is 74.5 Å². The summed E-state index contributed by atoms with van der Waals surface area (Å²) in [6.45, 7) is 6.22. The van der Waals surface area contributed by atoms with E-state index >= 15 is 0 Å². The predicted octanol–water partition coefficient (Wildman–Crippen LogP) is 4.66. The van der Waals surface area contributed by atoms with Crippen molar-refractivity contribution in [1.82, 2.24) is 30.8 Å². The molecule has 6 atom stereocenters. The molecule has 0 radical (unpaired) electrons. The van der Waals surface area contributed by atoms with Gasteiger partial charge in [-0.25, -0.2) is 15.0 Å². The minimum Gasteiger partial charge on any atom is -0.474 e. The van der Waals surface area contributed by atoms with E-state index in [-0.39, 0.29) is 35.5 Å². The first-order valence-electron chi connectivity index (χ1n) is 17.6. The maximum Gasteiger partial charge on any atom is 0.271 e. The van der Waals surface area contributed by atoms with Crippen molar-refractivity contribution in [3.8, 4) is 0 Å². The number of fused-ring (bicyclic) bond motifs is 7. The molecule has 3 aliphatic heterocycles. The minimum absolute atomic E-state index is 0.0391. The first-order valence-corrected chi connectivity index (χ1v) is 19.4. The van der Waals surface area contributed by atoms with E-state index < -0.39 is 48.1 Å². The Bertz CT molecular complexity index is 1960. The molecule has 270 valence electrons. The maximum atomic E-state index is 14.4. The number of hydrogen-bond donors (Lipinski definition) is 3. The van der Waals surface area contributed by atoms with E-state index in [4.69, 9.17) is 14.7 Å². The van der Waals surface area contributed by atoms with Crippen molar-refractivity contribution in [1.29, 1.82) is 0 Å². The Morgan fingerprint density at radius 3 is 2.02 bits per heavy atom. The van der Waals surface area contributed by atoms with Gasteiger partial charge in [-0.1, -0.05) is 74.5 Å². The zero-order valence-corrected chi connectivity index (χ0v) is 30.8. The SMILES string of the molecule is CC(C)C1NC(=O)[C@H]2N=C(O[C@@H]2C)C2CCCN2C(=O)[C@H](Cc2ccccc2)NC(=O)c2csc(n2)C(Cc2ccccc2)NC(=O)c2csc1n2. The molecule has 4 amide bonds. The van der Waals surface area contributed by atoms with Crippen molar-refractivity contribution < 1.29 is 23.9 Å². The molecule has 0 spiro atoms. The second-order valence-corrected chi connectivity index (χ2v) is 15.5. The van der Waals surface area contributed by atoms with Crippen LogP contribution in [-0.4, -0.2) is 75.2 Å². The lowest BCUT2D eigenvalue weighted by atomic mass is 10.0. The van der Waals surface area contributed by atoms with E-state index in [2.05, 4.69) is 20.9 Å². The number of rotatable bonds is 5. The highest BCUT2D eigenvalue weighted by atomic mass is 32.1. The Labute approximate surface area is 310 Å². The van der Waals surface area contributed by atoms with Crippen LogP contribution in [0.25, 0.3) is 0 Å². The van der Waals surface area contributed by atoms with Gasteiger partial charge in [0.25, 0.3) is 11.8 Å². The molecule has 0 saturated carbocycles. The van der Waals surface area contributed by atoms with E-state index in [9.17, 15) is 19.2 Å². The van der Waals surface area contributed by atoms with Gasteiger partial charge < -0.3 is 25.6 Å². The molecule has 12 nitrogen and oxygen atoms in total. The molecule has 4 aromatic rings. The summed E-state index contributed by atoms with van der Waals surface area (Å²) in [6.07, 6.45) is 1.48. The topological polar surface area (TPSA) is 155 Å². The molecule has 5 heterocycles. The minimum atomic E-state index is -0.904. The number of benzene rings is 2. The number of amides is 4. The average Bonchev–Trinajstić information content (AvgIpc) is 3.97. The van der Waals surface area contributed by atoms with Gasteiger partial charge in [0.2, 0.25) is 17.7 Å². The summed E-state index contributed by atoms with van der Waals surface area (Å²) in [6, 6.07) is 16.0. The third kappa shape index (κ3) is 7.63. The Kier molecular flexibility index (Phi) is 10.5. The Hall–Kier alpha value is -4.95. The Morgan fingerprint density at radius 2 is 1.38 bits per heavy atom. The fraction of sp³-hybridized carbons (Fsp3) is 0.395. The summed E-state index contributed by atoms with van der Waals surface area (Å²) in [5, 5.41) is 13.7. The third-order valence-electron chi connectivity index (χ3n) is 9.62. The first-order chi connectivity index (χ1) is 25.1. The van der Waals surface area contributed by atoms with Crippen molar-refractivity contribution in [2.24, 2.45) is 10.9 Å². The Morgan fingerprint density at radius 1 is 0.808 bits per heavy atom. The molecule has 1 fully saturated rings. The molecule has 14 heteroatoms. The molecule has 52 heavy (non-hydrogen) atoms. The van der Waals surface area contributed by atoms with Gasteiger partial charge in [0, 0.05) is 23.7 Å². The molecule has 2 aromatic heterocycles. The highest BCUT2D eigenvalue weighted by Gasteiger charge is 2.43. The molecular weight excluding hydrogens is 699 g/mol. The van der Waals surface area contributed by atoms with Crippen LogP contribution in [0.1, 0.15) is 87.8 Å². The highest BCUT2D eigenvalue weighted by Crippen LogP contribution is 2.30. The molecule has 3 unspecified atom stereocenters. The third-order valence-corrected chi connectivity index (χ3v) is 11.5. The second-order valence-electron chi connectivity index (χ2n) is 13.7. The van der Waals surface area contributed by atoms with Gasteiger partial charge in [-0.2, -0.15) is 0 Å². The zero-order valence-electron chi connectivity index (χ0n) is 29.2. The normalized spacial score (nSPS) is 25.4. The van der Waals surface area contributed by atoms with Crippen molar-refractivity contribution in [2.45, 2.75) is 82.8 Å². The summed E-state index contributed by atoms with van der Waals surface area (Å²) in [4.78, 5) is 71.6. The fourth-order valence-corrected chi connectivity index (χ4v) is 8.72. The van der Waals surface area contributed by atoms with E-state index in [0.717, 1.165) is 17.5 Å². The quantitative estimate of drug-likeness (QED) is 0.269. The molecule has 3 aliphatic rings. The number of aromatic nitrogens is 2. The molecule has 3 N–H and O–H groups in total. The van der Waals surface area contributed by atoms with Crippen LogP contribution >= 0.6 is 22.7 Å². The lowest BCUT2D eigenvalue weighted by Gasteiger charge is -2.29. The fourth-order valence-electron chi connectivity index (χ4n) is 6.85. The van der Waals surface area contributed by atoms with E-state index in [1.54, 1.807) is 22.6 Å². The Balaban J connectivity index is 1.27. The number of aliphatic imine (C=N–C) groups is 1. The van der Waals surface area contributed by atoms with Crippen LogP contribution < -0.4 is 16.0 Å². The highest BCUT2D eigenvalue weighted by molar-refractivity contribution is 7.10. The monoisotopic (exact) mass is 739 g/mol. The standard InChI is InChI=1S/C38H41N7O5S2/c1-21(2)30-37-42-28(20-52-37)32(46)39-25(17-23-11-6-4-7-12-23)36-41-27(19-51-36)33(47)40-26(18-24-13-8-5-9-14-24)38(49)45-16-10-15-29(45)35-44-31(22(3)50-35)34(48)43-30/h4-9,11-14,19-22,25-26,29-31H,10,15-18H2,1-3H3,(H,39,46)(H,40,47)(H,43,48)/t22-,25?,26+,29?,30?,31+/m1/s1. The smallest absolute Gasteiger partial charge is 0.271 e. The summed E-state index contributed by atoms with van der Waals surface area (Å²) in [5.41, 5.74) is 2.24. The van der Waals surface area contributed by atoms with Crippen LogP contribution in [0.3, 0.4) is 0 Å².